The summed E-state index contributed by atoms with van der Waals surface area (Å²) in [5, 5.41) is 20.0. The predicted octanol–water partition coefficient (Wildman–Crippen LogP) is 1.24. The first-order valence-electron chi connectivity index (χ1n) is 5.15. The number of hydrogen-bond acceptors (Lipinski definition) is 5. The molecule has 0 amide bonds. The van der Waals surface area contributed by atoms with Gasteiger partial charge in [0.05, 0.1) is 13.2 Å². The maximum absolute atomic E-state index is 13.4. The van der Waals surface area contributed by atoms with Crippen LogP contribution in [-0.4, -0.2) is 31.9 Å². The van der Waals surface area contributed by atoms with Gasteiger partial charge in [-0.3, -0.25) is 0 Å². The molecule has 0 saturated carbocycles. The van der Waals surface area contributed by atoms with Gasteiger partial charge in [0.25, 0.3) is 0 Å². The molecule has 2 rings (SSSR count). The highest BCUT2D eigenvalue weighted by Crippen LogP contribution is 2.23. The van der Waals surface area contributed by atoms with Crippen molar-refractivity contribution < 1.29 is 13.9 Å². The van der Waals surface area contributed by atoms with Crippen molar-refractivity contribution in [2.75, 3.05) is 6.61 Å². The third-order valence-corrected chi connectivity index (χ3v) is 3.20. The average Bonchev–Trinajstić information content (AvgIpc) is 2.77. The van der Waals surface area contributed by atoms with E-state index in [1.807, 2.05) is 0 Å². The predicted molar refractivity (Wildman–Crippen MR) is 60.8 cm³/mol. The molecule has 18 heavy (non-hydrogen) atoms. The van der Waals surface area contributed by atoms with Crippen LogP contribution in [0.15, 0.2) is 23.4 Å². The van der Waals surface area contributed by atoms with Gasteiger partial charge in [-0.2, -0.15) is 0 Å². The summed E-state index contributed by atoms with van der Waals surface area (Å²) in [7, 11) is 0. The quantitative estimate of drug-likeness (QED) is 0.830. The van der Waals surface area contributed by atoms with Crippen LogP contribution in [0.5, 0.6) is 0 Å². The van der Waals surface area contributed by atoms with Gasteiger partial charge in [0.1, 0.15) is 11.6 Å². The fraction of sp³-hybridized carbons (Fsp3) is 0.300. The molecule has 5 nitrogen and oxygen atoms in total. The standard InChI is InChI=1S/C10H10F2N4OS/c11-8-2-1-3-9(12)7(8)6-18-10-13-14-15-16(10)4-5-17/h1-3,17H,4-6H2. The van der Waals surface area contributed by atoms with Crippen LogP contribution in [0, 0.1) is 11.6 Å². The van der Waals surface area contributed by atoms with Crippen molar-refractivity contribution >= 4 is 11.8 Å². The average molecular weight is 272 g/mol. The van der Waals surface area contributed by atoms with Crippen LogP contribution in [0.4, 0.5) is 8.78 Å². The Hall–Kier alpha value is -1.54. The van der Waals surface area contributed by atoms with Gasteiger partial charge in [-0.05, 0) is 22.6 Å². The summed E-state index contributed by atoms with van der Waals surface area (Å²) >= 11 is 1.11. The van der Waals surface area contributed by atoms with Crippen LogP contribution in [-0.2, 0) is 12.3 Å². The van der Waals surface area contributed by atoms with Gasteiger partial charge in [0.2, 0.25) is 5.16 Å². The maximum atomic E-state index is 13.4. The second-order valence-corrected chi connectivity index (χ2v) is 4.34. The molecule has 8 heteroatoms. The molecule has 1 aromatic heterocycles. The topological polar surface area (TPSA) is 63.8 Å². The van der Waals surface area contributed by atoms with Gasteiger partial charge in [0, 0.05) is 11.3 Å². The summed E-state index contributed by atoms with van der Waals surface area (Å²) in [5.41, 5.74) is -0.0129. The molecule has 1 aromatic carbocycles. The largest absolute Gasteiger partial charge is 0.394 e. The van der Waals surface area contributed by atoms with Gasteiger partial charge in [-0.15, -0.1) is 5.10 Å². The van der Waals surface area contributed by atoms with Crippen LogP contribution >= 0.6 is 11.8 Å². The number of aliphatic hydroxyl groups excluding tert-OH is 1. The Labute approximate surface area is 106 Å². The molecule has 0 bridgehead atoms. The molecule has 2 aromatic rings. The van der Waals surface area contributed by atoms with Crippen LogP contribution in [0.3, 0.4) is 0 Å². The van der Waals surface area contributed by atoms with E-state index in [4.69, 9.17) is 5.11 Å². The van der Waals surface area contributed by atoms with Crippen LogP contribution < -0.4 is 0 Å². The summed E-state index contributed by atoms with van der Waals surface area (Å²) < 4.78 is 28.1. The van der Waals surface area contributed by atoms with E-state index < -0.39 is 11.6 Å². The normalized spacial score (nSPS) is 10.8. The molecule has 0 saturated heterocycles. The fourth-order valence-electron chi connectivity index (χ4n) is 1.34. The number of hydrogen-bond donors (Lipinski definition) is 1. The molecular formula is C10H10F2N4OS. The lowest BCUT2D eigenvalue weighted by Gasteiger charge is -2.04. The first-order chi connectivity index (χ1) is 8.72. The van der Waals surface area contributed by atoms with Crippen molar-refractivity contribution in [1.29, 1.82) is 0 Å². The summed E-state index contributed by atoms with van der Waals surface area (Å²) in [6.45, 7) is 0.141. The number of halogens is 2. The second kappa shape index (κ2) is 5.87. The van der Waals surface area contributed by atoms with Crippen LogP contribution in [0.1, 0.15) is 5.56 Å². The first kappa shape index (κ1) is 12.9. The molecule has 96 valence electrons. The van der Waals surface area contributed by atoms with E-state index in [1.54, 1.807) is 0 Å². The van der Waals surface area contributed by atoms with Gasteiger partial charge in [-0.25, -0.2) is 13.5 Å². The van der Waals surface area contributed by atoms with Gasteiger partial charge >= 0.3 is 0 Å². The minimum absolute atomic E-state index is 0.0129. The minimum Gasteiger partial charge on any atom is -0.394 e. The second-order valence-electron chi connectivity index (χ2n) is 3.40. The molecule has 0 fully saturated rings. The van der Waals surface area contributed by atoms with Crippen molar-refractivity contribution in [1.82, 2.24) is 20.2 Å². The van der Waals surface area contributed by atoms with Gasteiger partial charge in [0.15, 0.2) is 0 Å². The molecule has 0 aliphatic heterocycles. The lowest BCUT2D eigenvalue weighted by Crippen LogP contribution is -2.06. The molecular weight excluding hydrogens is 262 g/mol. The molecule has 0 aliphatic rings. The fourth-order valence-corrected chi connectivity index (χ4v) is 2.26. The first-order valence-corrected chi connectivity index (χ1v) is 6.13. The number of benzene rings is 1. The molecule has 0 radical (unpaired) electrons. The molecule has 1 heterocycles. The minimum atomic E-state index is -0.594. The Morgan fingerprint density at radius 1 is 1.28 bits per heavy atom. The molecule has 1 N–H and O–H groups in total. The summed E-state index contributed by atoms with van der Waals surface area (Å²) in [6, 6.07) is 3.72. The Balaban J connectivity index is 2.09. The number of aliphatic hydroxyl groups is 1. The lowest BCUT2D eigenvalue weighted by molar-refractivity contribution is 0.262. The van der Waals surface area contributed by atoms with E-state index in [2.05, 4.69) is 15.5 Å². The Morgan fingerprint density at radius 3 is 2.67 bits per heavy atom. The van der Waals surface area contributed by atoms with Crippen molar-refractivity contribution in [2.45, 2.75) is 17.5 Å². The number of thioether (sulfide) groups is 1. The highest BCUT2D eigenvalue weighted by molar-refractivity contribution is 7.98. The molecule has 0 aliphatic carbocycles. The van der Waals surface area contributed by atoms with E-state index in [1.165, 1.54) is 22.9 Å². The molecule has 0 atom stereocenters. The zero-order valence-corrected chi connectivity index (χ0v) is 10.1. The van der Waals surface area contributed by atoms with Crippen molar-refractivity contribution in [3.05, 3.63) is 35.4 Å². The zero-order valence-electron chi connectivity index (χ0n) is 9.25. The maximum Gasteiger partial charge on any atom is 0.209 e. The van der Waals surface area contributed by atoms with Gasteiger partial charge < -0.3 is 5.11 Å². The lowest BCUT2D eigenvalue weighted by atomic mass is 10.2. The third-order valence-electron chi connectivity index (χ3n) is 2.22. The van der Waals surface area contributed by atoms with Crippen LogP contribution in [0.2, 0.25) is 0 Å². The summed E-state index contributed by atoms with van der Waals surface area (Å²) in [4.78, 5) is 0. The number of nitrogens with zero attached hydrogens (tertiary/aromatic N) is 4. The van der Waals surface area contributed by atoms with E-state index in [0.717, 1.165) is 11.8 Å². The SMILES string of the molecule is OCCn1nnnc1SCc1c(F)cccc1F. The van der Waals surface area contributed by atoms with Crippen molar-refractivity contribution in [2.24, 2.45) is 0 Å². The highest BCUT2D eigenvalue weighted by Gasteiger charge is 2.12. The summed E-state index contributed by atoms with van der Waals surface area (Å²) in [5.74, 6) is -1.10. The van der Waals surface area contributed by atoms with Gasteiger partial charge in [-0.1, -0.05) is 17.8 Å². The number of aromatic nitrogens is 4. The van der Waals surface area contributed by atoms with Crippen molar-refractivity contribution in [3.8, 4) is 0 Å². The Morgan fingerprint density at radius 2 is 2.00 bits per heavy atom. The van der Waals surface area contributed by atoms with E-state index in [-0.39, 0.29) is 24.5 Å². The summed E-state index contributed by atoms with van der Waals surface area (Å²) in [6.07, 6.45) is 0. The zero-order chi connectivity index (χ0) is 13.0. The third kappa shape index (κ3) is 2.82. The highest BCUT2D eigenvalue weighted by atomic mass is 32.2. The van der Waals surface area contributed by atoms with Crippen molar-refractivity contribution in [3.63, 3.8) is 0 Å². The van der Waals surface area contributed by atoms with Crippen LogP contribution in [0.25, 0.3) is 0 Å². The Kier molecular flexibility index (Phi) is 4.21. The monoisotopic (exact) mass is 272 g/mol. The smallest absolute Gasteiger partial charge is 0.209 e. The number of rotatable bonds is 5. The van der Waals surface area contributed by atoms with E-state index in [9.17, 15) is 8.78 Å². The van der Waals surface area contributed by atoms with E-state index >= 15 is 0 Å². The van der Waals surface area contributed by atoms with E-state index in [0.29, 0.717) is 5.16 Å². The molecule has 0 unspecified atom stereocenters. The number of tetrazole rings is 1. The molecule has 0 spiro atoms. The Bertz CT molecular complexity index is 514.